The molecule has 0 saturated carbocycles. The summed E-state index contributed by atoms with van der Waals surface area (Å²) in [5.41, 5.74) is 6.53. The molecule has 2 aromatic carbocycles. The maximum Gasteiger partial charge on any atom is 0.252 e. The average Bonchev–Trinajstić information content (AvgIpc) is 2.62. The molecule has 0 saturated heterocycles. The van der Waals surface area contributed by atoms with E-state index in [-0.39, 0.29) is 16.3 Å². The van der Waals surface area contributed by atoms with Crippen molar-refractivity contribution in [1.29, 1.82) is 0 Å². The van der Waals surface area contributed by atoms with Crippen LogP contribution in [0.25, 0.3) is 10.9 Å². The first kappa shape index (κ1) is 17.8. The van der Waals surface area contributed by atoms with E-state index in [1.165, 1.54) is 38.6 Å². The van der Waals surface area contributed by atoms with E-state index >= 15 is 0 Å². The van der Waals surface area contributed by atoms with Gasteiger partial charge in [0.15, 0.2) is 11.5 Å². The van der Waals surface area contributed by atoms with Crippen molar-refractivity contribution in [2.24, 2.45) is 5.73 Å². The Hall–Kier alpha value is -3.06. The summed E-state index contributed by atoms with van der Waals surface area (Å²) >= 11 is 5.79. The van der Waals surface area contributed by atoms with Gasteiger partial charge in [-0.15, -0.1) is 0 Å². The molecule has 1 heterocycles. The van der Waals surface area contributed by atoms with Crippen LogP contribution in [0, 0.1) is 5.82 Å². The summed E-state index contributed by atoms with van der Waals surface area (Å²) in [6.45, 7) is 0. The number of amides is 1. The Morgan fingerprint density at radius 1 is 1.19 bits per heavy atom. The van der Waals surface area contributed by atoms with Crippen molar-refractivity contribution in [3.8, 4) is 11.5 Å². The lowest BCUT2D eigenvalue weighted by Gasteiger charge is -2.16. The first-order valence-corrected chi connectivity index (χ1v) is 7.89. The molecule has 3 N–H and O–H groups in total. The monoisotopic (exact) mass is 375 g/mol. The van der Waals surface area contributed by atoms with E-state index in [1.54, 1.807) is 12.1 Å². The number of fused-ring (bicyclic) bond motifs is 1. The lowest BCUT2D eigenvalue weighted by atomic mass is 10.1. The smallest absolute Gasteiger partial charge is 0.252 e. The average molecular weight is 376 g/mol. The maximum atomic E-state index is 14.2. The Kier molecular flexibility index (Phi) is 4.81. The van der Waals surface area contributed by atoms with E-state index in [0.29, 0.717) is 28.1 Å². The van der Waals surface area contributed by atoms with Crippen molar-refractivity contribution >= 4 is 39.8 Å². The number of hydrogen-bond donors (Lipinski definition) is 2. The molecule has 0 bridgehead atoms. The highest BCUT2D eigenvalue weighted by molar-refractivity contribution is 6.30. The summed E-state index contributed by atoms with van der Waals surface area (Å²) < 4.78 is 24.8. The molecule has 6 nitrogen and oxygen atoms in total. The van der Waals surface area contributed by atoms with Gasteiger partial charge in [-0.3, -0.25) is 9.78 Å². The van der Waals surface area contributed by atoms with E-state index in [2.05, 4.69) is 10.3 Å². The van der Waals surface area contributed by atoms with Gasteiger partial charge in [0.1, 0.15) is 5.82 Å². The van der Waals surface area contributed by atoms with Crippen LogP contribution in [0.1, 0.15) is 10.4 Å². The third-order valence-electron chi connectivity index (χ3n) is 3.83. The third-order valence-corrected chi connectivity index (χ3v) is 4.06. The number of nitrogens with zero attached hydrogens (tertiary/aromatic N) is 1. The van der Waals surface area contributed by atoms with E-state index in [0.717, 1.165) is 0 Å². The van der Waals surface area contributed by atoms with Gasteiger partial charge >= 0.3 is 0 Å². The number of carbonyl (C=O) groups excluding carboxylic acids is 1. The van der Waals surface area contributed by atoms with Gasteiger partial charge in [0.2, 0.25) is 0 Å². The van der Waals surface area contributed by atoms with Crippen LogP contribution in [0.4, 0.5) is 15.8 Å². The second kappa shape index (κ2) is 7.05. The van der Waals surface area contributed by atoms with Crippen molar-refractivity contribution < 1.29 is 18.7 Å². The van der Waals surface area contributed by atoms with Crippen LogP contribution in [0.3, 0.4) is 0 Å². The Balaban J connectivity index is 2.25. The van der Waals surface area contributed by atoms with E-state index < -0.39 is 11.7 Å². The van der Waals surface area contributed by atoms with Crippen molar-refractivity contribution in [2.75, 3.05) is 19.5 Å². The number of halogens is 2. The molecule has 0 spiro atoms. The molecule has 0 unspecified atom stereocenters. The number of benzene rings is 2. The fraction of sp³-hybridized carbons (Fsp3) is 0.111. The summed E-state index contributed by atoms with van der Waals surface area (Å²) in [4.78, 5) is 16.1. The van der Waals surface area contributed by atoms with Crippen LogP contribution in [-0.2, 0) is 0 Å². The molecule has 3 aromatic rings. The minimum atomic E-state index is -0.703. The van der Waals surface area contributed by atoms with Crippen LogP contribution in [0.2, 0.25) is 5.02 Å². The molecule has 0 radical (unpaired) electrons. The molecule has 0 fully saturated rings. The summed E-state index contributed by atoms with van der Waals surface area (Å²) in [5, 5.41) is 3.69. The number of nitrogens with one attached hydrogen (secondary N) is 1. The van der Waals surface area contributed by atoms with Crippen LogP contribution in [-0.4, -0.2) is 25.1 Å². The minimum absolute atomic E-state index is 0.110. The number of rotatable bonds is 5. The molecule has 0 aliphatic rings. The van der Waals surface area contributed by atoms with Gasteiger partial charge in [0.05, 0.1) is 36.7 Å². The second-order valence-electron chi connectivity index (χ2n) is 5.38. The molecule has 0 atom stereocenters. The molecule has 1 aromatic heterocycles. The van der Waals surface area contributed by atoms with E-state index in [9.17, 15) is 9.18 Å². The van der Waals surface area contributed by atoms with Crippen LogP contribution < -0.4 is 20.5 Å². The number of nitrogens with two attached hydrogens (primary N) is 1. The molecular weight excluding hydrogens is 361 g/mol. The molecule has 8 heteroatoms. The van der Waals surface area contributed by atoms with Crippen LogP contribution >= 0.6 is 11.6 Å². The summed E-state index contributed by atoms with van der Waals surface area (Å²) in [6, 6.07) is 7.46. The SMILES string of the molecule is COc1cc2ncc(C(N)=O)c(Nc3ccc(Cl)cc3F)c2cc1OC. The molecule has 0 aliphatic carbocycles. The van der Waals surface area contributed by atoms with Crippen LogP contribution in [0.5, 0.6) is 11.5 Å². The zero-order valence-electron chi connectivity index (χ0n) is 14.0. The van der Waals surface area contributed by atoms with Gasteiger partial charge < -0.3 is 20.5 Å². The third kappa shape index (κ3) is 3.21. The summed E-state index contributed by atoms with van der Waals surface area (Å²) in [7, 11) is 2.99. The van der Waals surface area contributed by atoms with E-state index in [4.69, 9.17) is 26.8 Å². The van der Waals surface area contributed by atoms with Gasteiger partial charge in [-0.2, -0.15) is 0 Å². The zero-order valence-corrected chi connectivity index (χ0v) is 14.7. The lowest BCUT2D eigenvalue weighted by molar-refractivity contribution is 0.100. The first-order chi connectivity index (χ1) is 12.4. The molecular formula is C18H15ClFN3O3. The van der Waals surface area contributed by atoms with Gasteiger partial charge in [0.25, 0.3) is 5.91 Å². The number of hydrogen-bond acceptors (Lipinski definition) is 5. The predicted molar refractivity (Wildman–Crippen MR) is 98.1 cm³/mol. The number of methoxy groups -OCH3 is 2. The summed E-state index contributed by atoms with van der Waals surface area (Å²) in [6.07, 6.45) is 1.33. The van der Waals surface area contributed by atoms with Gasteiger partial charge in [0, 0.05) is 22.7 Å². The summed E-state index contributed by atoms with van der Waals surface area (Å²) in [5.74, 6) is -0.365. The number of carbonyl (C=O) groups is 1. The number of pyridine rings is 1. The van der Waals surface area contributed by atoms with Gasteiger partial charge in [-0.25, -0.2) is 4.39 Å². The number of aromatic nitrogens is 1. The zero-order chi connectivity index (χ0) is 18.8. The van der Waals surface area contributed by atoms with Crippen molar-refractivity contribution in [3.05, 3.63) is 52.9 Å². The van der Waals surface area contributed by atoms with E-state index in [1.807, 2.05) is 0 Å². The highest BCUT2D eigenvalue weighted by atomic mass is 35.5. The van der Waals surface area contributed by atoms with Gasteiger partial charge in [-0.05, 0) is 24.3 Å². The highest BCUT2D eigenvalue weighted by Gasteiger charge is 2.17. The standard InChI is InChI=1S/C18H15ClFN3O3/c1-25-15-6-10-14(7-16(15)26-2)22-8-11(18(21)24)17(10)23-13-4-3-9(19)5-12(13)20/h3-8H,1-2H3,(H2,21,24)(H,22,23). The quantitative estimate of drug-likeness (QED) is 0.706. The Labute approximate surface area is 153 Å². The molecule has 134 valence electrons. The van der Waals surface area contributed by atoms with Crippen molar-refractivity contribution in [3.63, 3.8) is 0 Å². The fourth-order valence-electron chi connectivity index (χ4n) is 2.57. The highest BCUT2D eigenvalue weighted by Crippen LogP contribution is 2.37. The topological polar surface area (TPSA) is 86.5 Å². The predicted octanol–water partition coefficient (Wildman–Crippen LogP) is 3.89. The molecule has 1 amide bonds. The fourth-order valence-corrected chi connectivity index (χ4v) is 2.72. The second-order valence-corrected chi connectivity index (χ2v) is 5.82. The number of ether oxygens (including phenoxy) is 2. The maximum absolute atomic E-state index is 14.2. The number of primary amides is 1. The molecule has 26 heavy (non-hydrogen) atoms. The first-order valence-electron chi connectivity index (χ1n) is 7.51. The lowest BCUT2D eigenvalue weighted by Crippen LogP contribution is -2.14. The Morgan fingerprint density at radius 2 is 1.88 bits per heavy atom. The Morgan fingerprint density at radius 3 is 2.50 bits per heavy atom. The van der Waals surface area contributed by atoms with Crippen LogP contribution in [0.15, 0.2) is 36.5 Å². The minimum Gasteiger partial charge on any atom is -0.493 e. The largest absolute Gasteiger partial charge is 0.493 e. The Bertz CT molecular complexity index is 1010. The normalized spacial score (nSPS) is 10.6. The molecule has 0 aliphatic heterocycles. The molecule has 3 rings (SSSR count). The van der Waals surface area contributed by atoms with Gasteiger partial charge in [-0.1, -0.05) is 11.6 Å². The van der Waals surface area contributed by atoms with Crippen molar-refractivity contribution in [2.45, 2.75) is 0 Å². The number of anilines is 2. The van der Waals surface area contributed by atoms with Crippen molar-refractivity contribution in [1.82, 2.24) is 4.98 Å².